The first-order valence-corrected chi connectivity index (χ1v) is 15.6. The number of aromatic nitrogens is 2. The van der Waals surface area contributed by atoms with Crippen LogP contribution in [0, 0.1) is 0 Å². The van der Waals surface area contributed by atoms with E-state index in [1.165, 1.54) is 22.3 Å². The van der Waals surface area contributed by atoms with Gasteiger partial charge in [0.1, 0.15) is 11.7 Å². The Labute approximate surface area is 266 Å². The molecule has 3 heterocycles. The monoisotopic (exact) mass is 591 g/mol. The third kappa shape index (κ3) is 4.42. The molecule has 0 fully saturated rings. The zero-order valence-electron chi connectivity index (χ0n) is 25.0. The number of fused-ring (bicyclic) bond motifs is 5. The van der Waals surface area contributed by atoms with E-state index in [2.05, 4.69) is 143 Å². The molecule has 0 saturated heterocycles. The average Bonchev–Trinajstić information content (AvgIpc) is 3.72. The number of benzene rings is 6. The van der Waals surface area contributed by atoms with Gasteiger partial charge in [0, 0.05) is 16.6 Å². The van der Waals surface area contributed by atoms with Crippen molar-refractivity contribution in [1.29, 1.82) is 0 Å². The van der Waals surface area contributed by atoms with Gasteiger partial charge in [-0.3, -0.25) is 0 Å². The molecule has 1 N–H and O–H groups in total. The molecule has 4 nitrogen and oxygen atoms in total. The van der Waals surface area contributed by atoms with Crippen molar-refractivity contribution in [2.45, 2.75) is 6.17 Å². The van der Waals surface area contributed by atoms with Crippen molar-refractivity contribution < 1.29 is 4.42 Å². The van der Waals surface area contributed by atoms with Gasteiger partial charge in [0.15, 0.2) is 5.58 Å². The first-order chi connectivity index (χ1) is 22.8. The summed E-state index contributed by atoms with van der Waals surface area (Å²) in [6.07, 6.45) is 4.44. The Morgan fingerprint density at radius 3 is 1.89 bits per heavy atom. The molecule has 218 valence electrons. The molecule has 8 aromatic rings. The number of para-hydroxylation sites is 1. The van der Waals surface area contributed by atoms with E-state index in [0.29, 0.717) is 5.89 Å². The molecule has 1 unspecified atom stereocenters. The van der Waals surface area contributed by atoms with Crippen LogP contribution in [0.5, 0.6) is 0 Å². The number of dihydropyridines is 1. The van der Waals surface area contributed by atoms with E-state index < -0.39 is 0 Å². The van der Waals surface area contributed by atoms with E-state index in [1.54, 1.807) is 0 Å². The van der Waals surface area contributed by atoms with Crippen molar-refractivity contribution in [2.24, 2.45) is 0 Å². The Bertz CT molecular complexity index is 2420. The minimum Gasteiger partial charge on any atom is -0.435 e. The van der Waals surface area contributed by atoms with Crippen LogP contribution < -0.4 is 5.32 Å². The quantitative estimate of drug-likeness (QED) is 0.217. The number of oxazole rings is 1. The number of allylic oxidation sites excluding steroid dienone is 2. The van der Waals surface area contributed by atoms with Crippen LogP contribution in [0.1, 0.15) is 17.3 Å². The van der Waals surface area contributed by atoms with Gasteiger partial charge in [-0.15, -0.1) is 0 Å². The third-order valence-electron chi connectivity index (χ3n) is 8.88. The molecule has 1 aliphatic rings. The maximum Gasteiger partial charge on any atom is 0.227 e. The highest BCUT2D eigenvalue weighted by Gasteiger charge is 2.24. The van der Waals surface area contributed by atoms with E-state index in [1.807, 2.05) is 30.3 Å². The number of nitrogens with zero attached hydrogens (tertiary/aromatic N) is 2. The summed E-state index contributed by atoms with van der Waals surface area (Å²) in [6, 6.07) is 52.9. The predicted molar refractivity (Wildman–Crippen MR) is 189 cm³/mol. The molecule has 0 saturated carbocycles. The van der Waals surface area contributed by atoms with Crippen LogP contribution in [0.25, 0.3) is 66.8 Å². The number of hydrogen-bond donors (Lipinski definition) is 1. The number of rotatable bonds is 5. The van der Waals surface area contributed by atoms with Gasteiger partial charge in [-0.05, 0) is 70.3 Å². The zero-order valence-corrected chi connectivity index (χ0v) is 25.0. The van der Waals surface area contributed by atoms with Crippen LogP contribution in [0.4, 0.5) is 0 Å². The molecule has 4 heteroatoms. The van der Waals surface area contributed by atoms with Crippen LogP contribution in [-0.4, -0.2) is 9.55 Å². The summed E-state index contributed by atoms with van der Waals surface area (Å²) in [4.78, 5) is 4.88. The summed E-state index contributed by atoms with van der Waals surface area (Å²) >= 11 is 0. The van der Waals surface area contributed by atoms with Crippen LogP contribution in [0.2, 0.25) is 0 Å². The number of nitrogens with one attached hydrogen (secondary N) is 1. The van der Waals surface area contributed by atoms with Gasteiger partial charge in [0.05, 0.1) is 16.4 Å². The molecule has 46 heavy (non-hydrogen) atoms. The molecule has 0 spiro atoms. The molecule has 0 bridgehead atoms. The minimum atomic E-state index is -0.152. The first-order valence-electron chi connectivity index (χ1n) is 15.6. The van der Waals surface area contributed by atoms with E-state index in [-0.39, 0.29) is 6.17 Å². The molecule has 0 radical (unpaired) electrons. The molecule has 6 aromatic carbocycles. The molecular weight excluding hydrogens is 562 g/mol. The lowest BCUT2D eigenvalue weighted by molar-refractivity contribution is 0.591. The van der Waals surface area contributed by atoms with Crippen LogP contribution in [-0.2, 0) is 0 Å². The summed E-state index contributed by atoms with van der Waals surface area (Å²) in [5.74, 6) is 0.631. The predicted octanol–water partition coefficient (Wildman–Crippen LogP) is 10.5. The average molecular weight is 592 g/mol. The Hall–Kier alpha value is -6.13. The van der Waals surface area contributed by atoms with Gasteiger partial charge < -0.3 is 14.3 Å². The molecular formula is C42H29N3O. The molecule has 0 aliphatic carbocycles. The van der Waals surface area contributed by atoms with E-state index in [4.69, 9.17) is 9.40 Å². The maximum atomic E-state index is 6.53. The van der Waals surface area contributed by atoms with E-state index in [9.17, 15) is 0 Å². The normalized spacial score (nSPS) is 14.7. The van der Waals surface area contributed by atoms with Crippen molar-refractivity contribution in [1.82, 2.24) is 14.9 Å². The van der Waals surface area contributed by atoms with Gasteiger partial charge in [0.2, 0.25) is 5.89 Å². The van der Waals surface area contributed by atoms with Gasteiger partial charge in [-0.1, -0.05) is 121 Å². The summed E-state index contributed by atoms with van der Waals surface area (Å²) in [5, 5.41) is 6.08. The molecule has 2 aromatic heterocycles. The maximum absolute atomic E-state index is 6.53. The number of hydrogen-bond acceptors (Lipinski definition) is 3. The highest BCUT2D eigenvalue weighted by molar-refractivity contribution is 6.18. The molecule has 1 atom stereocenters. The fourth-order valence-corrected chi connectivity index (χ4v) is 6.68. The lowest BCUT2D eigenvalue weighted by atomic mass is 9.96. The van der Waals surface area contributed by atoms with Gasteiger partial charge in [0.25, 0.3) is 0 Å². The Kier molecular flexibility index (Phi) is 6.17. The summed E-state index contributed by atoms with van der Waals surface area (Å²) in [6.45, 7) is 0. The summed E-state index contributed by atoms with van der Waals surface area (Å²) < 4.78 is 8.93. The zero-order chi connectivity index (χ0) is 30.5. The van der Waals surface area contributed by atoms with E-state index in [0.717, 1.165) is 49.7 Å². The smallest absolute Gasteiger partial charge is 0.227 e. The fourth-order valence-electron chi connectivity index (χ4n) is 6.68. The Morgan fingerprint density at radius 1 is 0.543 bits per heavy atom. The topological polar surface area (TPSA) is 43.0 Å². The highest BCUT2D eigenvalue weighted by atomic mass is 16.3. The van der Waals surface area contributed by atoms with Crippen LogP contribution in [0.3, 0.4) is 0 Å². The second-order valence-corrected chi connectivity index (χ2v) is 11.7. The molecule has 1 aliphatic heterocycles. The lowest BCUT2D eigenvalue weighted by Crippen LogP contribution is -2.26. The third-order valence-corrected chi connectivity index (χ3v) is 8.88. The van der Waals surface area contributed by atoms with Crippen molar-refractivity contribution in [3.05, 3.63) is 175 Å². The fraction of sp³-hybridized carbons (Fsp3) is 0.0238. The molecule has 9 rings (SSSR count). The largest absolute Gasteiger partial charge is 0.435 e. The second-order valence-electron chi connectivity index (χ2n) is 11.7. The van der Waals surface area contributed by atoms with Gasteiger partial charge >= 0.3 is 0 Å². The van der Waals surface area contributed by atoms with Gasteiger partial charge in [-0.2, -0.15) is 0 Å². The first kappa shape index (κ1) is 26.3. The highest BCUT2D eigenvalue weighted by Crippen LogP contribution is 2.40. The summed E-state index contributed by atoms with van der Waals surface area (Å²) in [5.41, 5.74) is 11.8. The SMILES string of the molecule is C1=C(c2ccc(-c3ccccc3)cc2)C=C(c2ccccc2)NC1n1c2ccccc2c2c3oc(-c4ccccc4)nc3ccc21. The van der Waals surface area contributed by atoms with Crippen LogP contribution in [0.15, 0.2) is 168 Å². The summed E-state index contributed by atoms with van der Waals surface area (Å²) in [7, 11) is 0. The Balaban J connectivity index is 1.22. The molecule has 0 amide bonds. The van der Waals surface area contributed by atoms with Crippen molar-refractivity contribution in [3.63, 3.8) is 0 Å². The van der Waals surface area contributed by atoms with Crippen molar-refractivity contribution in [2.75, 3.05) is 0 Å². The van der Waals surface area contributed by atoms with Crippen LogP contribution >= 0.6 is 0 Å². The van der Waals surface area contributed by atoms with E-state index >= 15 is 0 Å². The lowest BCUT2D eigenvalue weighted by Gasteiger charge is -2.28. The Morgan fingerprint density at radius 2 is 1.15 bits per heavy atom. The van der Waals surface area contributed by atoms with Crippen molar-refractivity contribution >= 4 is 44.2 Å². The minimum absolute atomic E-state index is 0.152. The van der Waals surface area contributed by atoms with Gasteiger partial charge in [-0.25, -0.2) is 4.98 Å². The second kappa shape index (κ2) is 10.8. The standard InChI is InChI=1S/C42H29N3O/c1-4-12-28(13-5-1)29-20-22-30(23-21-29)33-26-36(31-14-6-2-7-15-31)43-39(27-33)45-37-19-11-10-18-34(37)40-38(45)25-24-35-41(40)46-42(44-35)32-16-8-3-9-17-32/h1-27,39,43H. The van der Waals surface area contributed by atoms with Crippen molar-refractivity contribution in [3.8, 4) is 22.6 Å².